The second-order valence-corrected chi connectivity index (χ2v) is 4.78. The second-order valence-electron chi connectivity index (χ2n) is 4.78. The summed E-state index contributed by atoms with van der Waals surface area (Å²) in [5.41, 5.74) is 0. The highest BCUT2D eigenvalue weighted by atomic mass is 16.5. The third-order valence-corrected chi connectivity index (χ3v) is 3.14. The summed E-state index contributed by atoms with van der Waals surface area (Å²) in [5.74, 6) is 0.992. The van der Waals surface area contributed by atoms with Gasteiger partial charge >= 0.3 is 0 Å². The van der Waals surface area contributed by atoms with Crippen LogP contribution in [-0.2, 0) is 4.74 Å². The number of methoxy groups -OCH3 is 1. The molecule has 1 aliphatic carbocycles. The zero-order valence-electron chi connectivity index (χ0n) is 10.5. The van der Waals surface area contributed by atoms with Crippen LogP contribution >= 0.6 is 0 Å². The second kappa shape index (κ2) is 7.20. The summed E-state index contributed by atoms with van der Waals surface area (Å²) in [4.78, 5) is 2.47. The van der Waals surface area contributed by atoms with Gasteiger partial charge in [-0.3, -0.25) is 0 Å². The number of likely N-dealkylation sites (N-methyl/N-ethyl adjacent to an activating group) is 1. The molecule has 1 saturated carbocycles. The fraction of sp³-hybridized carbons (Fsp3) is 1.00. The van der Waals surface area contributed by atoms with Crippen molar-refractivity contribution >= 4 is 0 Å². The maximum absolute atomic E-state index is 5.01. The molecule has 0 amide bonds. The molecule has 3 nitrogen and oxygen atoms in total. The first-order chi connectivity index (χ1) is 7.24. The van der Waals surface area contributed by atoms with E-state index in [0.717, 1.165) is 32.0 Å². The molecule has 1 rings (SSSR count). The van der Waals surface area contributed by atoms with Crippen molar-refractivity contribution in [3.63, 3.8) is 0 Å². The molecule has 3 heteroatoms. The molecule has 0 radical (unpaired) electrons. The SMILES string of the molecule is COCCCNCC(C)N(C)CC1CC1. The highest BCUT2D eigenvalue weighted by Gasteiger charge is 2.24. The van der Waals surface area contributed by atoms with Crippen molar-refractivity contribution in [1.29, 1.82) is 0 Å². The minimum absolute atomic E-state index is 0.646. The predicted octanol–water partition coefficient (Wildman–Crippen LogP) is 1.34. The Balaban J connectivity index is 1.93. The molecule has 90 valence electrons. The maximum atomic E-state index is 5.01. The van der Waals surface area contributed by atoms with E-state index in [1.165, 1.54) is 19.4 Å². The first kappa shape index (κ1) is 12.9. The molecule has 0 saturated heterocycles. The first-order valence-corrected chi connectivity index (χ1v) is 6.14. The van der Waals surface area contributed by atoms with Crippen molar-refractivity contribution in [2.24, 2.45) is 5.92 Å². The van der Waals surface area contributed by atoms with Crippen LogP contribution in [0, 0.1) is 5.92 Å². The van der Waals surface area contributed by atoms with E-state index in [-0.39, 0.29) is 0 Å². The van der Waals surface area contributed by atoms with Crippen LogP contribution in [-0.4, -0.2) is 51.3 Å². The topological polar surface area (TPSA) is 24.5 Å². The summed E-state index contributed by atoms with van der Waals surface area (Å²) in [7, 11) is 3.99. The fourth-order valence-corrected chi connectivity index (χ4v) is 1.70. The van der Waals surface area contributed by atoms with Gasteiger partial charge in [-0.2, -0.15) is 0 Å². The molecule has 1 atom stereocenters. The standard InChI is InChI=1S/C12H26N2O/c1-11(9-13-7-4-8-15-3)14(2)10-12-5-6-12/h11-13H,4-10H2,1-3H3. The number of ether oxygens (including phenoxy) is 1. The Morgan fingerprint density at radius 2 is 2.20 bits per heavy atom. The lowest BCUT2D eigenvalue weighted by molar-refractivity contribution is 0.191. The van der Waals surface area contributed by atoms with Crippen LogP contribution in [0.3, 0.4) is 0 Å². The molecule has 0 aromatic carbocycles. The van der Waals surface area contributed by atoms with Gasteiger partial charge in [-0.25, -0.2) is 0 Å². The summed E-state index contributed by atoms with van der Waals surface area (Å²) < 4.78 is 5.01. The Labute approximate surface area is 94.2 Å². The molecule has 0 aromatic heterocycles. The predicted molar refractivity (Wildman–Crippen MR) is 64.2 cm³/mol. The van der Waals surface area contributed by atoms with E-state index in [4.69, 9.17) is 4.74 Å². The number of hydrogen-bond donors (Lipinski definition) is 1. The third kappa shape index (κ3) is 6.13. The van der Waals surface area contributed by atoms with E-state index < -0.39 is 0 Å². The number of nitrogens with one attached hydrogen (secondary N) is 1. The van der Waals surface area contributed by atoms with Crippen LogP contribution in [0.15, 0.2) is 0 Å². The zero-order valence-corrected chi connectivity index (χ0v) is 10.5. The number of hydrogen-bond acceptors (Lipinski definition) is 3. The molecule has 0 aliphatic heterocycles. The minimum atomic E-state index is 0.646. The fourth-order valence-electron chi connectivity index (χ4n) is 1.70. The Kier molecular flexibility index (Phi) is 6.22. The summed E-state index contributed by atoms with van der Waals surface area (Å²) in [6.45, 7) is 6.59. The van der Waals surface area contributed by atoms with E-state index >= 15 is 0 Å². The van der Waals surface area contributed by atoms with Crippen molar-refractivity contribution in [3.05, 3.63) is 0 Å². The maximum Gasteiger partial charge on any atom is 0.0474 e. The van der Waals surface area contributed by atoms with Crippen molar-refractivity contribution in [1.82, 2.24) is 10.2 Å². The monoisotopic (exact) mass is 214 g/mol. The Hall–Kier alpha value is -0.120. The van der Waals surface area contributed by atoms with Crippen molar-refractivity contribution in [2.45, 2.75) is 32.2 Å². The Bertz CT molecular complexity index is 160. The first-order valence-electron chi connectivity index (χ1n) is 6.14. The quantitative estimate of drug-likeness (QED) is 0.586. The lowest BCUT2D eigenvalue weighted by atomic mass is 10.2. The largest absolute Gasteiger partial charge is 0.385 e. The van der Waals surface area contributed by atoms with Gasteiger partial charge in [0.1, 0.15) is 0 Å². The third-order valence-electron chi connectivity index (χ3n) is 3.14. The van der Waals surface area contributed by atoms with Gasteiger partial charge in [-0.1, -0.05) is 0 Å². The van der Waals surface area contributed by atoms with Crippen LogP contribution in [0.2, 0.25) is 0 Å². The molecule has 1 aliphatic rings. The van der Waals surface area contributed by atoms with Crippen LogP contribution in [0.1, 0.15) is 26.2 Å². The molecule has 1 N–H and O–H groups in total. The summed E-state index contributed by atoms with van der Waals surface area (Å²) in [6.07, 6.45) is 3.99. The molecule has 0 bridgehead atoms. The van der Waals surface area contributed by atoms with Crippen LogP contribution in [0.4, 0.5) is 0 Å². The average molecular weight is 214 g/mol. The van der Waals surface area contributed by atoms with Gasteiger partial charge in [0.15, 0.2) is 0 Å². The van der Waals surface area contributed by atoms with Gasteiger partial charge in [0.25, 0.3) is 0 Å². The lowest BCUT2D eigenvalue weighted by Crippen LogP contribution is -2.39. The molecule has 15 heavy (non-hydrogen) atoms. The molecule has 1 unspecified atom stereocenters. The average Bonchev–Trinajstić information content (AvgIpc) is 3.01. The highest BCUT2D eigenvalue weighted by Crippen LogP contribution is 2.29. The van der Waals surface area contributed by atoms with Crippen LogP contribution in [0.25, 0.3) is 0 Å². The van der Waals surface area contributed by atoms with E-state index in [2.05, 4.69) is 24.2 Å². The molecule has 0 spiro atoms. The summed E-state index contributed by atoms with van der Waals surface area (Å²) in [6, 6.07) is 0.646. The van der Waals surface area contributed by atoms with Crippen molar-refractivity contribution in [3.8, 4) is 0 Å². The normalized spacial score (nSPS) is 18.4. The lowest BCUT2D eigenvalue weighted by Gasteiger charge is -2.24. The zero-order chi connectivity index (χ0) is 11.1. The van der Waals surface area contributed by atoms with Crippen molar-refractivity contribution in [2.75, 3.05) is 40.4 Å². The summed E-state index contributed by atoms with van der Waals surface area (Å²) in [5, 5.41) is 3.47. The van der Waals surface area contributed by atoms with E-state index in [0.29, 0.717) is 6.04 Å². The Morgan fingerprint density at radius 3 is 2.80 bits per heavy atom. The molecule has 0 aromatic rings. The van der Waals surface area contributed by atoms with Gasteiger partial charge in [0.05, 0.1) is 0 Å². The molecule has 0 heterocycles. The molecular formula is C12H26N2O. The smallest absolute Gasteiger partial charge is 0.0474 e. The van der Waals surface area contributed by atoms with E-state index in [1.54, 1.807) is 7.11 Å². The van der Waals surface area contributed by atoms with Gasteiger partial charge in [-0.05, 0) is 45.7 Å². The van der Waals surface area contributed by atoms with Gasteiger partial charge in [0, 0.05) is 32.8 Å². The minimum Gasteiger partial charge on any atom is -0.385 e. The van der Waals surface area contributed by atoms with Crippen LogP contribution < -0.4 is 5.32 Å². The highest BCUT2D eigenvalue weighted by molar-refractivity contribution is 4.78. The molecular weight excluding hydrogens is 188 g/mol. The molecule has 1 fully saturated rings. The Morgan fingerprint density at radius 1 is 1.47 bits per heavy atom. The van der Waals surface area contributed by atoms with E-state index in [9.17, 15) is 0 Å². The number of rotatable bonds is 9. The summed E-state index contributed by atoms with van der Waals surface area (Å²) >= 11 is 0. The van der Waals surface area contributed by atoms with Crippen LogP contribution in [0.5, 0.6) is 0 Å². The van der Waals surface area contributed by atoms with E-state index in [1.807, 2.05) is 0 Å². The number of nitrogens with zero attached hydrogens (tertiary/aromatic N) is 1. The van der Waals surface area contributed by atoms with Crippen molar-refractivity contribution < 1.29 is 4.74 Å². The van der Waals surface area contributed by atoms with Gasteiger partial charge < -0.3 is 15.0 Å². The van der Waals surface area contributed by atoms with Gasteiger partial charge in [0.2, 0.25) is 0 Å². The van der Waals surface area contributed by atoms with Gasteiger partial charge in [-0.15, -0.1) is 0 Å².